The molecule has 0 saturated carbocycles. The van der Waals surface area contributed by atoms with Crippen LogP contribution in [0, 0.1) is 0 Å². The van der Waals surface area contributed by atoms with Crippen LogP contribution < -0.4 is 10.5 Å². The highest BCUT2D eigenvalue weighted by molar-refractivity contribution is 5.81. The fourth-order valence-corrected chi connectivity index (χ4v) is 2.40. The van der Waals surface area contributed by atoms with Crippen LogP contribution in [0.2, 0.25) is 0 Å². The van der Waals surface area contributed by atoms with Gasteiger partial charge in [0.15, 0.2) is 0 Å². The molecule has 0 unspecified atom stereocenters. The highest BCUT2D eigenvalue weighted by atomic mass is 16.5. The third-order valence-electron chi connectivity index (χ3n) is 3.30. The number of nitrogen functional groups attached to an aromatic ring is 1. The summed E-state index contributed by atoms with van der Waals surface area (Å²) in [5.41, 5.74) is 9.06. The molecule has 1 heterocycles. The van der Waals surface area contributed by atoms with Gasteiger partial charge in [0.2, 0.25) is 0 Å². The summed E-state index contributed by atoms with van der Waals surface area (Å²) in [5, 5.41) is 9.55. The molecule has 0 atom stereocenters. The van der Waals surface area contributed by atoms with Gasteiger partial charge in [-0.2, -0.15) is 0 Å². The molecule has 0 saturated heterocycles. The second-order valence-corrected chi connectivity index (χ2v) is 4.70. The van der Waals surface area contributed by atoms with Crippen LogP contribution in [-0.4, -0.2) is 21.3 Å². The van der Waals surface area contributed by atoms with Crippen LogP contribution in [0.5, 0.6) is 5.75 Å². The summed E-state index contributed by atoms with van der Waals surface area (Å²) >= 11 is 0. The summed E-state index contributed by atoms with van der Waals surface area (Å²) in [6.45, 7) is 2.45. The topological polar surface area (TPSA) is 73.3 Å². The molecular formula is C16H17N3O2. The molecule has 0 bridgehead atoms. The number of benzene rings is 2. The molecule has 21 heavy (non-hydrogen) atoms. The quantitative estimate of drug-likeness (QED) is 0.721. The number of imidazole rings is 1. The van der Waals surface area contributed by atoms with Crippen molar-refractivity contribution >= 4 is 16.7 Å². The number of aliphatic hydroxyl groups excluding tert-OH is 1. The molecule has 0 aliphatic rings. The Hall–Kier alpha value is -2.53. The molecule has 0 radical (unpaired) electrons. The van der Waals surface area contributed by atoms with Crippen LogP contribution in [0.1, 0.15) is 12.7 Å². The molecular weight excluding hydrogens is 266 g/mol. The maximum absolute atomic E-state index is 9.55. The van der Waals surface area contributed by atoms with Crippen molar-refractivity contribution in [3.8, 4) is 11.4 Å². The van der Waals surface area contributed by atoms with Crippen molar-refractivity contribution in [1.29, 1.82) is 0 Å². The Morgan fingerprint density at radius 1 is 1.19 bits per heavy atom. The van der Waals surface area contributed by atoms with E-state index in [1.54, 1.807) is 6.07 Å². The van der Waals surface area contributed by atoms with Gasteiger partial charge in [-0.25, -0.2) is 4.98 Å². The van der Waals surface area contributed by atoms with E-state index in [1.807, 2.05) is 47.9 Å². The molecule has 1 aromatic heterocycles. The first-order chi connectivity index (χ1) is 10.2. The van der Waals surface area contributed by atoms with E-state index in [4.69, 9.17) is 10.5 Å². The Kier molecular flexibility index (Phi) is 3.50. The first kappa shape index (κ1) is 13.5. The van der Waals surface area contributed by atoms with E-state index >= 15 is 0 Å². The zero-order chi connectivity index (χ0) is 14.8. The van der Waals surface area contributed by atoms with Gasteiger partial charge in [0.25, 0.3) is 0 Å². The van der Waals surface area contributed by atoms with Gasteiger partial charge in [-0.15, -0.1) is 0 Å². The number of nitrogens with two attached hydrogens (primary N) is 1. The second kappa shape index (κ2) is 5.46. The van der Waals surface area contributed by atoms with Crippen LogP contribution in [0.4, 0.5) is 5.69 Å². The van der Waals surface area contributed by atoms with Gasteiger partial charge in [-0.3, -0.25) is 4.57 Å². The smallest absolute Gasteiger partial charge is 0.140 e. The summed E-state index contributed by atoms with van der Waals surface area (Å²) in [7, 11) is 0. The summed E-state index contributed by atoms with van der Waals surface area (Å²) in [4.78, 5) is 4.43. The van der Waals surface area contributed by atoms with Crippen LogP contribution in [0.15, 0.2) is 42.5 Å². The van der Waals surface area contributed by atoms with Crippen molar-refractivity contribution in [3.63, 3.8) is 0 Å². The van der Waals surface area contributed by atoms with Gasteiger partial charge >= 0.3 is 0 Å². The normalized spacial score (nSPS) is 11.0. The van der Waals surface area contributed by atoms with E-state index in [-0.39, 0.29) is 6.61 Å². The second-order valence-electron chi connectivity index (χ2n) is 4.70. The molecule has 0 aliphatic heterocycles. The molecule has 3 aromatic rings. The van der Waals surface area contributed by atoms with Crippen molar-refractivity contribution in [2.45, 2.75) is 13.5 Å². The lowest BCUT2D eigenvalue weighted by atomic mass is 10.2. The van der Waals surface area contributed by atoms with Crippen molar-refractivity contribution < 1.29 is 9.84 Å². The SMILES string of the molecule is CCOc1ccc(-n2c(CO)nc3cc(N)ccc32)cc1. The van der Waals surface area contributed by atoms with Crippen molar-refractivity contribution in [3.05, 3.63) is 48.3 Å². The maximum Gasteiger partial charge on any atom is 0.140 e. The summed E-state index contributed by atoms with van der Waals surface area (Å²) < 4.78 is 7.37. The molecule has 0 aliphatic carbocycles. The fraction of sp³-hybridized carbons (Fsp3) is 0.188. The number of nitrogens with zero attached hydrogens (tertiary/aromatic N) is 2. The van der Waals surface area contributed by atoms with Gasteiger partial charge in [0.1, 0.15) is 18.2 Å². The number of aliphatic hydroxyl groups is 1. The molecule has 0 amide bonds. The Bertz CT molecular complexity index is 763. The molecule has 108 valence electrons. The number of anilines is 1. The fourth-order valence-electron chi connectivity index (χ4n) is 2.40. The number of fused-ring (bicyclic) bond motifs is 1. The predicted octanol–water partition coefficient (Wildman–Crippen LogP) is 2.50. The third-order valence-corrected chi connectivity index (χ3v) is 3.30. The zero-order valence-electron chi connectivity index (χ0n) is 11.8. The monoisotopic (exact) mass is 283 g/mol. The van der Waals surface area contributed by atoms with Crippen LogP contribution in [0.3, 0.4) is 0 Å². The van der Waals surface area contributed by atoms with Crippen molar-refractivity contribution in [2.75, 3.05) is 12.3 Å². The lowest BCUT2D eigenvalue weighted by Crippen LogP contribution is -2.01. The first-order valence-corrected chi connectivity index (χ1v) is 6.84. The maximum atomic E-state index is 9.55. The highest BCUT2D eigenvalue weighted by Crippen LogP contribution is 2.24. The van der Waals surface area contributed by atoms with E-state index < -0.39 is 0 Å². The highest BCUT2D eigenvalue weighted by Gasteiger charge is 2.12. The average Bonchev–Trinajstić information content (AvgIpc) is 2.86. The molecule has 3 N–H and O–H groups in total. The van der Waals surface area contributed by atoms with E-state index in [0.717, 1.165) is 22.5 Å². The van der Waals surface area contributed by atoms with Crippen LogP contribution in [0.25, 0.3) is 16.7 Å². The number of aromatic nitrogens is 2. The number of ether oxygens (including phenoxy) is 1. The number of hydrogen-bond donors (Lipinski definition) is 2. The van der Waals surface area contributed by atoms with Gasteiger partial charge in [0.05, 0.1) is 17.6 Å². The van der Waals surface area contributed by atoms with E-state index in [2.05, 4.69) is 4.98 Å². The average molecular weight is 283 g/mol. The summed E-state index contributed by atoms with van der Waals surface area (Å²) in [5.74, 6) is 1.40. The van der Waals surface area contributed by atoms with Crippen LogP contribution in [-0.2, 0) is 6.61 Å². The van der Waals surface area contributed by atoms with E-state index in [0.29, 0.717) is 18.1 Å². The molecule has 3 rings (SSSR count). The first-order valence-electron chi connectivity index (χ1n) is 6.84. The molecule has 5 nitrogen and oxygen atoms in total. The van der Waals surface area contributed by atoms with Gasteiger partial charge in [-0.05, 0) is 49.4 Å². The summed E-state index contributed by atoms with van der Waals surface area (Å²) in [6.07, 6.45) is 0. The minimum absolute atomic E-state index is 0.137. The predicted molar refractivity (Wildman–Crippen MR) is 82.6 cm³/mol. The number of rotatable bonds is 4. The minimum Gasteiger partial charge on any atom is -0.494 e. The molecule has 0 fully saturated rings. The Labute approximate surface area is 122 Å². The van der Waals surface area contributed by atoms with Gasteiger partial charge in [-0.1, -0.05) is 0 Å². The van der Waals surface area contributed by atoms with Gasteiger partial charge in [0, 0.05) is 11.4 Å². The van der Waals surface area contributed by atoms with Crippen molar-refractivity contribution in [2.24, 2.45) is 0 Å². The molecule has 2 aromatic carbocycles. The molecule has 0 spiro atoms. The minimum atomic E-state index is -0.137. The molecule has 5 heteroatoms. The lowest BCUT2D eigenvalue weighted by Gasteiger charge is -2.09. The Morgan fingerprint density at radius 3 is 2.62 bits per heavy atom. The van der Waals surface area contributed by atoms with Crippen LogP contribution >= 0.6 is 0 Å². The zero-order valence-corrected chi connectivity index (χ0v) is 11.8. The number of hydrogen-bond acceptors (Lipinski definition) is 4. The van der Waals surface area contributed by atoms with Crippen molar-refractivity contribution in [1.82, 2.24) is 9.55 Å². The largest absolute Gasteiger partial charge is 0.494 e. The summed E-state index contributed by atoms with van der Waals surface area (Å²) in [6, 6.07) is 13.2. The van der Waals surface area contributed by atoms with Gasteiger partial charge < -0.3 is 15.6 Å². The standard InChI is InChI=1S/C16H17N3O2/c1-2-21-13-6-4-12(5-7-13)19-15-8-3-11(17)9-14(15)18-16(19)10-20/h3-9,20H,2,10,17H2,1H3. The lowest BCUT2D eigenvalue weighted by molar-refractivity contribution is 0.270. The Morgan fingerprint density at radius 2 is 1.95 bits per heavy atom. The third kappa shape index (κ3) is 2.43. The Balaban J connectivity index is 2.13. The van der Waals surface area contributed by atoms with E-state index in [1.165, 1.54) is 0 Å². The van der Waals surface area contributed by atoms with E-state index in [9.17, 15) is 5.11 Å².